The van der Waals surface area contributed by atoms with Crippen molar-refractivity contribution in [2.75, 3.05) is 26.2 Å². The van der Waals surface area contributed by atoms with Gasteiger partial charge in [0.25, 0.3) is 5.56 Å². The molecule has 0 aliphatic heterocycles. The number of rotatable bonds is 8. The molecule has 0 spiro atoms. The van der Waals surface area contributed by atoms with Crippen LogP contribution in [0.25, 0.3) is 0 Å². The molecule has 1 aliphatic carbocycles. The number of nitrogens with zero attached hydrogens (tertiary/aromatic N) is 3. The van der Waals surface area contributed by atoms with Crippen LogP contribution >= 0.6 is 12.2 Å². The third kappa shape index (κ3) is 3.95. The number of H-pyrrole nitrogens is 1. The molecule has 2 rings (SSSR count). The molecule has 0 atom stereocenters. The summed E-state index contributed by atoms with van der Waals surface area (Å²) in [4.78, 5) is 16.7. The van der Waals surface area contributed by atoms with Gasteiger partial charge >= 0.3 is 0 Å². The molecule has 0 unspecified atom stereocenters. The van der Waals surface area contributed by atoms with Crippen LogP contribution in [0.2, 0.25) is 0 Å². The van der Waals surface area contributed by atoms with Gasteiger partial charge in [0.1, 0.15) is 5.56 Å². The van der Waals surface area contributed by atoms with Gasteiger partial charge in [0.2, 0.25) is 5.88 Å². The van der Waals surface area contributed by atoms with E-state index in [1.807, 2.05) is 0 Å². The van der Waals surface area contributed by atoms with Gasteiger partial charge in [-0.3, -0.25) is 14.3 Å². The predicted octanol–water partition coefficient (Wildman–Crippen LogP) is 1.21. The molecule has 3 N–H and O–H groups in total. The van der Waals surface area contributed by atoms with Crippen LogP contribution in [0.3, 0.4) is 0 Å². The summed E-state index contributed by atoms with van der Waals surface area (Å²) >= 11 is 5.09. The summed E-state index contributed by atoms with van der Waals surface area (Å²) in [5.74, 6) is -0.106. The lowest BCUT2D eigenvalue weighted by Crippen LogP contribution is -2.30. The van der Waals surface area contributed by atoms with E-state index in [1.165, 1.54) is 6.21 Å². The Bertz CT molecular complexity index is 644. The van der Waals surface area contributed by atoms with Crippen molar-refractivity contribution in [1.29, 1.82) is 0 Å². The lowest BCUT2D eigenvalue weighted by molar-refractivity contribution is 0.303. The molecule has 1 fully saturated rings. The number of aromatic hydroxyl groups is 1. The Kier molecular flexibility index (Phi) is 5.73. The van der Waals surface area contributed by atoms with Crippen LogP contribution in [-0.4, -0.2) is 52.0 Å². The van der Waals surface area contributed by atoms with Crippen molar-refractivity contribution in [3.63, 3.8) is 0 Å². The average molecular weight is 325 g/mol. The lowest BCUT2D eigenvalue weighted by Gasteiger charge is -2.17. The summed E-state index contributed by atoms with van der Waals surface area (Å²) in [6.07, 6.45) is 3.28. The first-order valence-corrected chi connectivity index (χ1v) is 8.05. The van der Waals surface area contributed by atoms with Gasteiger partial charge in [0.15, 0.2) is 4.77 Å². The van der Waals surface area contributed by atoms with Crippen LogP contribution in [0.15, 0.2) is 9.90 Å². The SMILES string of the molecule is CCN(CC)CCNN=Cc1c(O)n(C2CC2)c(=S)[nH]c1=O. The number of hydrazone groups is 1. The average Bonchev–Trinajstić information content (AvgIpc) is 3.30. The van der Waals surface area contributed by atoms with E-state index in [2.05, 4.69) is 34.3 Å². The highest BCUT2D eigenvalue weighted by Gasteiger charge is 2.27. The second kappa shape index (κ2) is 7.55. The Morgan fingerprint density at radius 2 is 2.18 bits per heavy atom. The van der Waals surface area contributed by atoms with E-state index in [9.17, 15) is 9.90 Å². The van der Waals surface area contributed by atoms with E-state index in [0.29, 0.717) is 6.54 Å². The maximum Gasteiger partial charge on any atom is 0.264 e. The van der Waals surface area contributed by atoms with Gasteiger partial charge in [-0.15, -0.1) is 0 Å². The van der Waals surface area contributed by atoms with Crippen molar-refractivity contribution < 1.29 is 5.11 Å². The summed E-state index contributed by atoms with van der Waals surface area (Å²) in [5.41, 5.74) is 2.61. The molecule has 0 amide bonds. The van der Waals surface area contributed by atoms with Crippen molar-refractivity contribution >= 4 is 18.4 Å². The molecule has 1 aromatic heterocycles. The van der Waals surface area contributed by atoms with Gasteiger partial charge in [-0.1, -0.05) is 13.8 Å². The maximum atomic E-state index is 11.9. The summed E-state index contributed by atoms with van der Waals surface area (Å²) < 4.78 is 1.85. The van der Waals surface area contributed by atoms with Gasteiger partial charge in [-0.2, -0.15) is 5.10 Å². The number of hydrogen-bond donors (Lipinski definition) is 3. The summed E-state index contributed by atoms with van der Waals surface area (Å²) in [6.45, 7) is 7.75. The molecule has 1 aliphatic rings. The molecular weight excluding hydrogens is 302 g/mol. The zero-order valence-corrected chi connectivity index (χ0v) is 13.8. The summed E-state index contributed by atoms with van der Waals surface area (Å²) in [5, 5.41) is 14.3. The van der Waals surface area contributed by atoms with Crippen LogP contribution in [0, 0.1) is 4.77 Å². The van der Waals surface area contributed by atoms with E-state index in [1.54, 1.807) is 4.57 Å². The van der Waals surface area contributed by atoms with E-state index >= 15 is 0 Å². The van der Waals surface area contributed by atoms with E-state index in [4.69, 9.17) is 12.2 Å². The minimum atomic E-state index is -0.423. The van der Waals surface area contributed by atoms with Crippen molar-refractivity contribution in [1.82, 2.24) is 19.9 Å². The number of likely N-dealkylation sites (N-methyl/N-ethyl adjacent to an activating group) is 1. The fourth-order valence-corrected chi connectivity index (χ4v) is 2.59. The van der Waals surface area contributed by atoms with Gasteiger partial charge in [0.05, 0.1) is 6.21 Å². The molecule has 1 aromatic rings. The topological polar surface area (TPSA) is 85.7 Å². The second-order valence-electron chi connectivity index (χ2n) is 5.29. The molecule has 22 heavy (non-hydrogen) atoms. The van der Waals surface area contributed by atoms with Crippen molar-refractivity contribution in [2.45, 2.75) is 32.7 Å². The predicted molar refractivity (Wildman–Crippen MR) is 89.2 cm³/mol. The first kappa shape index (κ1) is 16.7. The van der Waals surface area contributed by atoms with Crippen LogP contribution in [0.1, 0.15) is 38.3 Å². The summed E-state index contributed by atoms with van der Waals surface area (Å²) in [7, 11) is 0. The second-order valence-corrected chi connectivity index (χ2v) is 5.68. The molecular formula is C14H23N5O2S. The molecule has 122 valence electrons. The van der Waals surface area contributed by atoms with Crippen LogP contribution in [-0.2, 0) is 0 Å². The first-order chi connectivity index (χ1) is 10.6. The highest BCUT2D eigenvalue weighted by Crippen LogP contribution is 2.37. The Labute approximate surface area is 134 Å². The standard InChI is InChI=1S/C14H23N5O2S/c1-3-18(4-2)8-7-15-16-9-11-12(20)17-14(22)19(13(11)21)10-5-6-10/h9-10,15,21H,3-8H2,1-2H3,(H,17,20,22). The number of hydrogen-bond acceptors (Lipinski definition) is 6. The van der Waals surface area contributed by atoms with E-state index in [0.717, 1.165) is 32.5 Å². The number of aromatic nitrogens is 2. The summed E-state index contributed by atoms with van der Waals surface area (Å²) in [6, 6.07) is 0.187. The van der Waals surface area contributed by atoms with Crippen molar-refractivity contribution in [3.05, 3.63) is 20.7 Å². The molecule has 0 radical (unpaired) electrons. The maximum absolute atomic E-state index is 11.9. The van der Waals surface area contributed by atoms with E-state index < -0.39 is 5.56 Å². The number of nitrogens with one attached hydrogen (secondary N) is 2. The molecule has 8 heteroatoms. The quantitative estimate of drug-likeness (QED) is 0.289. The van der Waals surface area contributed by atoms with Crippen molar-refractivity contribution in [2.24, 2.45) is 5.10 Å². The van der Waals surface area contributed by atoms with Gasteiger partial charge in [0, 0.05) is 19.1 Å². The Morgan fingerprint density at radius 1 is 1.50 bits per heavy atom. The van der Waals surface area contributed by atoms with Gasteiger partial charge < -0.3 is 15.4 Å². The zero-order valence-electron chi connectivity index (χ0n) is 13.0. The van der Waals surface area contributed by atoms with Crippen LogP contribution < -0.4 is 11.0 Å². The minimum Gasteiger partial charge on any atom is -0.494 e. The monoisotopic (exact) mass is 325 g/mol. The molecule has 1 heterocycles. The Morgan fingerprint density at radius 3 is 2.77 bits per heavy atom. The fraction of sp³-hybridized carbons (Fsp3) is 0.643. The first-order valence-electron chi connectivity index (χ1n) is 7.64. The van der Waals surface area contributed by atoms with Gasteiger partial charge in [-0.05, 0) is 38.1 Å². The zero-order chi connectivity index (χ0) is 16.1. The largest absolute Gasteiger partial charge is 0.494 e. The smallest absolute Gasteiger partial charge is 0.264 e. The molecule has 7 nitrogen and oxygen atoms in total. The molecule has 1 saturated carbocycles. The Hall–Kier alpha value is -1.67. The highest BCUT2D eigenvalue weighted by atomic mass is 32.1. The fourth-order valence-electron chi connectivity index (χ4n) is 2.26. The lowest BCUT2D eigenvalue weighted by atomic mass is 10.3. The third-order valence-corrected chi connectivity index (χ3v) is 4.08. The Balaban J connectivity index is 2.03. The molecule has 0 aromatic carbocycles. The molecule has 0 bridgehead atoms. The third-order valence-electron chi connectivity index (χ3n) is 3.78. The normalized spacial score (nSPS) is 14.9. The van der Waals surface area contributed by atoms with E-state index in [-0.39, 0.29) is 22.3 Å². The van der Waals surface area contributed by atoms with Crippen LogP contribution in [0.4, 0.5) is 0 Å². The van der Waals surface area contributed by atoms with Crippen molar-refractivity contribution in [3.8, 4) is 5.88 Å². The van der Waals surface area contributed by atoms with Gasteiger partial charge in [-0.25, -0.2) is 0 Å². The van der Waals surface area contributed by atoms with Crippen LogP contribution in [0.5, 0.6) is 5.88 Å². The molecule has 0 saturated heterocycles. The highest BCUT2D eigenvalue weighted by molar-refractivity contribution is 7.71. The number of aromatic amines is 1. The minimum absolute atomic E-state index is 0.106.